The van der Waals surface area contributed by atoms with Gasteiger partial charge in [0, 0.05) is 11.9 Å². The van der Waals surface area contributed by atoms with E-state index in [0.29, 0.717) is 5.69 Å². The van der Waals surface area contributed by atoms with Crippen molar-refractivity contribution in [2.24, 2.45) is 0 Å². The summed E-state index contributed by atoms with van der Waals surface area (Å²) in [5.41, 5.74) is 0.469. The Bertz CT molecular complexity index is 645. The lowest BCUT2D eigenvalue weighted by Crippen LogP contribution is -2.05. The highest BCUT2D eigenvalue weighted by atomic mass is 19.2. The summed E-state index contributed by atoms with van der Waals surface area (Å²) in [5, 5.41) is 11.6. The molecule has 1 aromatic carbocycles. The highest BCUT2D eigenvalue weighted by Gasteiger charge is 2.14. The Morgan fingerprint density at radius 2 is 2.05 bits per heavy atom. The van der Waals surface area contributed by atoms with Crippen molar-refractivity contribution < 1.29 is 18.7 Å². The van der Waals surface area contributed by atoms with Crippen LogP contribution in [-0.4, -0.2) is 16.1 Å². The number of aromatic nitrogens is 1. The van der Waals surface area contributed by atoms with Crippen molar-refractivity contribution >= 4 is 17.3 Å². The molecule has 0 radical (unpaired) electrons. The van der Waals surface area contributed by atoms with Gasteiger partial charge < -0.3 is 10.4 Å². The first kappa shape index (κ1) is 12.9. The molecule has 0 fully saturated rings. The predicted molar refractivity (Wildman–Crippen MR) is 65.6 cm³/mol. The molecule has 0 unspecified atom stereocenters. The second kappa shape index (κ2) is 5.01. The van der Waals surface area contributed by atoms with Gasteiger partial charge in [0.2, 0.25) is 0 Å². The van der Waals surface area contributed by atoms with Gasteiger partial charge in [0.1, 0.15) is 5.56 Å². The standard InChI is InChI=1S/C13H10F2N2O2/c1-7-5-11(8(6-16-7)13(18)19)17-10-4-2-3-9(14)12(10)15/h2-6H,1H3,(H,16,17)(H,18,19). The smallest absolute Gasteiger partial charge is 0.339 e. The number of nitrogens with zero attached hydrogens (tertiary/aromatic N) is 1. The maximum Gasteiger partial charge on any atom is 0.339 e. The molecule has 98 valence electrons. The summed E-state index contributed by atoms with van der Waals surface area (Å²) in [6.07, 6.45) is 1.16. The Hall–Kier alpha value is -2.50. The van der Waals surface area contributed by atoms with Gasteiger partial charge in [0.15, 0.2) is 11.6 Å². The first-order chi connectivity index (χ1) is 8.99. The number of anilines is 2. The summed E-state index contributed by atoms with van der Waals surface area (Å²) in [4.78, 5) is 14.9. The largest absolute Gasteiger partial charge is 0.478 e. The van der Waals surface area contributed by atoms with E-state index in [1.807, 2.05) is 0 Å². The number of carbonyl (C=O) groups is 1. The fourth-order valence-electron chi connectivity index (χ4n) is 1.58. The van der Waals surface area contributed by atoms with Crippen LogP contribution in [0.15, 0.2) is 30.5 Å². The van der Waals surface area contributed by atoms with Crippen LogP contribution in [0.1, 0.15) is 16.1 Å². The van der Waals surface area contributed by atoms with Crippen LogP contribution in [-0.2, 0) is 0 Å². The maximum atomic E-state index is 13.5. The molecule has 2 rings (SSSR count). The first-order valence-electron chi connectivity index (χ1n) is 5.40. The van der Waals surface area contributed by atoms with Crippen LogP contribution in [0.5, 0.6) is 0 Å². The summed E-state index contributed by atoms with van der Waals surface area (Å²) < 4.78 is 26.6. The van der Waals surface area contributed by atoms with Gasteiger partial charge in [-0.05, 0) is 25.1 Å². The zero-order chi connectivity index (χ0) is 14.0. The Kier molecular flexibility index (Phi) is 3.41. The second-order valence-corrected chi connectivity index (χ2v) is 3.90. The monoisotopic (exact) mass is 264 g/mol. The Labute approximate surface area is 107 Å². The maximum absolute atomic E-state index is 13.5. The number of benzene rings is 1. The molecule has 0 bridgehead atoms. The van der Waals surface area contributed by atoms with Crippen molar-refractivity contribution in [3.8, 4) is 0 Å². The zero-order valence-corrected chi connectivity index (χ0v) is 9.95. The van der Waals surface area contributed by atoms with Crippen molar-refractivity contribution in [1.29, 1.82) is 0 Å². The van der Waals surface area contributed by atoms with Crippen LogP contribution in [0.25, 0.3) is 0 Å². The van der Waals surface area contributed by atoms with Crippen LogP contribution in [0.3, 0.4) is 0 Å². The fourth-order valence-corrected chi connectivity index (χ4v) is 1.58. The molecular formula is C13H10F2N2O2. The summed E-state index contributed by atoms with van der Waals surface area (Å²) in [6, 6.07) is 5.08. The minimum atomic E-state index is -1.20. The van der Waals surface area contributed by atoms with E-state index in [1.165, 1.54) is 18.2 Å². The average Bonchev–Trinajstić information content (AvgIpc) is 2.35. The van der Waals surface area contributed by atoms with Crippen LogP contribution >= 0.6 is 0 Å². The Morgan fingerprint density at radius 1 is 1.32 bits per heavy atom. The van der Waals surface area contributed by atoms with E-state index in [4.69, 9.17) is 5.11 Å². The summed E-state index contributed by atoms with van der Waals surface area (Å²) in [5.74, 6) is -3.27. The summed E-state index contributed by atoms with van der Waals surface area (Å²) in [7, 11) is 0. The van der Waals surface area contributed by atoms with Gasteiger partial charge in [0.25, 0.3) is 0 Å². The van der Waals surface area contributed by atoms with Crippen molar-refractivity contribution in [2.45, 2.75) is 6.92 Å². The average molecular weight is 264 g/mol. The number of rotatable bonds is 3. The molecule has 19 heavy (non-hydrogen) atoms. The van der Waals surface area contributed by atoms with Crippen LogP contribution in [0.2, 0.25) is 0 Å². The Morgan fingerprint density at radius 3 is 2.74 bits per heavy atom. The SMILES string of the molecule is Cc1cc(Nc2cccc(F)c2F)c(C(=O)O)cn1. The number of aryl methyl sites for hydroxylation is 1. The lowest BCUT2D eigenvalue weighted by atomic mass is 10.2. The summed E-state index contributed by atoms with van der Waals surface area (Å²) in [6.45, 7) is 1.67. The molecule has 6 heteroatoms. The number of halogens is 2. The molecule has 0 saturated carbocycles. The molecule has 1 heterocycles. The van der Waals surface area contributed by atoms with Crippen LogP contribution in [0.4, 0.5) is 20.2 Å². The number of aromatic carboxylic acids is 1. The number of carboxylic acids is 1. The summed E-state index contributed by atoms with van der Waals surface area (Å²) >= 11 is 0. The lowest BCUT2D eigenvalue weighted by molar-refractivity contribution is 0.0697. The van der Waals surface area contributed by atoms with Crippen molar-refractivity contribution in [3.05, 3.63) is 53.4 Å². The van der Waals surface area contributed by atoms with E-state index in [1.54, 1.807) is 6.92 Å². The van der Waals surface area contributed by atoms with E-state index in [9.17, 15) is 13.6 Å². The van der Waals surface area contributed by atoms with Gasteiger partial charge in [-0.15, -0.1) is 0 Å². The normalized spacial score (nSPS) is 10.3. The molecule has 1 aromatic heterocycles. The van der Waals surface area contributed by atoms with E-state index in [-0.39, 0.29) is 16.9 Å². The van der Waals surface area contributed by atoms with Gasteiger partial charge in [-0.1, -0.05) is 6.07 Å². The van der Waals surface area contributed by atoms with Gasteiger partial charge in [0.05, 0.1) is 11.4 Å². The van der Waals surface area contributed by atoms with Gasteiger partial charge in [-0.25, -0.2) is 13.6 Å². The highest BCUT2D eigenvalue weighted by molar-refractivity contribution is 5.94. The molecule has 0 aliphatic rings. The molecule has 0 atom stereocenters. The van der Waals surface area contributed by atoms with Crippen molar-refractivity contribution in [1.82, 2.24) is 4.98 Å². The Balaban J connectivity index is 2.45. The van der Waals surface area contributed by atoms with E-state index < -0.39 is 17.6 Å². The third kappa shape index (κ3) is 2.67. The number of hydrogen-bond acceptors (Lipinski definition) is 3. The van der Waals surface area contributed by atoms with E-state index >= 15 is 0 Å². The molecule has 2 aromatic rings. The molecular weight excluding hydrogens is 254 g/mol. The fraction of sp³-hybridized carbons (Fsp3) is 0.0769. The quantitative estimate of drug-likeness (QED) is 0.894. The van der Waals surface area contributed by atoms with Crippen molar-refractivity contribution in [2.75, 3.05) is 5.32 Å². The number of nitrogens with one attached hydrogen (secondary N) is 1. The predicted octanol–water partition coefficient (Wildman–Crippen LogP) is 3.11. The molecule has 4 nitrogen and oxygen atoms in total. The van der Waals surface area contributed by atoms with Crippen LogP contribution < -0.4 is 5.32 Å². The molecule has 2 N–H and O–H groups in total. The first-order valence-corrected chi connectivity index (χ1v) is 5.40. The molecule has 0 amide bonds. The van der Waals surface area contributed by atoms with Crippen molar-refractivity contribution in [3.63, 3.8) is 0 Å². The highest BCUT2D eigenvalue weighted by Crippen LogP contribution is 2.24. The third-order valence-electron chi connectivity index (χ3n) is 2.49. The molecule has 0 saturated heterocycles. The number of pyridine rings is 1. The van der Waals surface area contributed by atoms with Gasteiger partial charge >= 0.3 is 5.97 Å². The minimum absolute atomic E-state index is 0.116. The number of hydrogen-bond donors (Lipinski definition) is 2. The second-order valence-electron chi connectivity index (χ2n) is 3.90. The van der Waals surface area contributed by atoms with Gasteiger partial charge in [-0.3, -0.25) is 4.98 Å². The molecule has 0 aliphatic carbocycles. The minimum Gasteiger partial charge on any atom is -0.478 e. The van der Waals surface area contributed by atoms with Crippen LogP contribution in [0, 0.1) is 18.6 Å². The molecule has 0 aliphatic heterocycles. The molecule has 0 spiro atoms. The third-order valence-corrected chi connectivity index (χ3v) is 2.49. The van der Waals surface area contributed by atoms with E-state index in [0.717, 1.165) is 12.3 Å². The van der Waals surface area contributed by atoms with Gasteiger partial charge in [-0.2, -0.15) is 0 Å². The lowest BCUT2D eigenvalue weighted by Gasteiger charge is -2.11. The topological polar surface area (TPSA) is 62.2 Å². The van der Waals surface area contributed by atoms with E-state index in [2.05, 4.69) is 10.3 Å². The zero-order valence-electron chi connectivity index (χ0n) is 9.95. The number of carboxylic acid groups (broad SMARTS) is 1.